The summed E-state index contributed by atoms with van der Waals surface area (Å²) in [6, 6.07) is 73.8. The van der Waals surface area contributed by atoms with Gasteiger partial charge in [0, 0.05) is 58.3 Å². The minimum Gasteiger partial charge on any atom is -0.337 e. The number of nitrogens with zero attached hydrogens (tertiary/aromatic N) is 1. The normalized spacial score (nSPS) is 11.6. The van der Waals surface area contributed by atoms with E-state index >= 15 is 0 Å². The van der Waals surface area contributed by atoms with Crippen molar-refractivity contribution in [3.8, 4) is 33.4 Å². The SMILES string of the molecule is c1cc(-c2ccc3sc4ccccc4c3c2)cc(N(Cc2ccccc2-c2ccc3c(c2)sc2ccccc23)c2ccc(-c3ccc4ccccc4c3)cc2)c1. The van der Waals surface area contributed by atoms with Crippen LogP contribution >= 0.6 is 22.7 Å². The molecule has 11 rings (SSSR count). The van der Waals surface area contributed by atoms with Crippen LogP contribution in [0.25, 0.3) is 84.5 Å². The van der Waals surface area contributed by atoms with Gasteiger partial charge in [0.25, 0.3) is 0 Å². The summed E-state index contributed by atoms with van der Waals surface area (Å²) in [5, 5.41) is 7.81. The minimum atomic E-state index is 0.716. The Morgan fingerprint density at radius 2 is 0.929 bits per heavy atom. The number of hydrogen-bond acceptors (Lipinski definition) is 3. The van der Waals surface area contributed by atoms with Crippen LogP contribution in [0.15, 0.2) is 200 Å². The zero-order valence-electron chi connectivity index (χ0n) is 30.5. The second-order valence-corrected chi connectivity index (χ2v) is 16.7. The highest BCUT2D eigenvalue weighted by atomic mass is 32.1. The van der Waals surface area contributed by atoms with Crippen LogP contribution in [0.4, 0.5) is 11.4 Å². The van der Waals surface area contributed by atoms with E-state index in [0.717, 1.165) is 11.4 Å². The van der Waals surface area contributed by atoms with Gasteiger partial charge in [0.1, 0.15) is 0 Å². The molecule has 0 saturated carbocycles. The maximum absolute atomic E-state index is 2.48. The van der Waals surface area contributed by atoms with Crippen LogP contribution in [0.1, 0.15) is 5.56 Å². The number of benzene rings is 9. The zero-order valence-corrected chi connectivity index (χ0v) is 32.2. The molecule has 3 heteroatoms. The minimum absolute atomic E-state index is 0.716. The quantitative estimate of drug-likeness (QED) is 0.157. The van der Waals surface area contributed by atoms with Crippen molar-refractivity contribution in [2.75, 3.05) is 4.90 Å². The summed E-state index contributed by atoms with van der Waals surface area (Å²) >= 11 is 3.74. The van der Waals surface area contributed by atoms with Gasteiger partial charge in [-0.3, -0.25) is 0 Å². The van der Waals surface area contributed by atoms with Crippen LogP contribution in [0.2, 0.25) is 0 Å². The maximum atomic E-state index is 2.48. The van der Waals surface area contributed by atoms with E-state index in [0.29, 0.717) is 6.54 Å². The van der Waals surface area contributed by atoms with Crippen LogP contribution in [0.3, 0.4) is 0 Å². The van der Waals surface area contributed by atoms with Crippen LogP contribution in [-0.4, -0.2) is 0 Å². The Bertz CT molecular complexity index is 3240. The van der Waals surface area contributed by atoms with Gasteiger partial charge < -0.3 is 4.90 Å². The standard InChI is InChI=1S/C53H35NS2/c1-2-11-37-30-39(21-20-35(37)10-1)36-22-26-43(27-23-36)54(44-14-9-13-38(31-44)40-25-29-52-49(32-40)47-17-6-8-19-51(47)55-52)34-42-12-3-4-15-45(42)41-24-28-48-46-16-5-7-18-50(46)56-53(48)33-41/h1-33H,34H2. The largest absolute Gasteiger partial charge is 0.337 e. The van der Waals surface area contributed by atoms with E-state index in [-0.39, 0.29) is 0 Å². The number of fused-ring (bicyclic) bond motifs is 7. The molecule has 0 spiro atoms. The van der Waals surface area contributed by atoms with E-state index in [4.69, 9.17) is 0 Å². The van der Waals surface area contributed by atoms with Gasteiger partial charge in [-0.25, -0.2) is 0 Å². The van der Waals surface area contributed by atoms with Crippen molar-refractivity contribution in [1.82, 2.24) is 0 Å². The average molecular weight is 750 g/mol. The predicted molar refractivity (Wildman–Crippen MR) is 245 cm³/mol. The molecule has 0 atom stereocenters. The summed E-state index contributed by atoms with van der Waals surface area (Å²) < 4.78 is 5.31. The molecule has 11 aromatic rings. The molecule has 0 aliphatic rings. The molecule has 9 aromatic carbocycles. The van der Waals surface area contributed by atoms with E-state index in [1.165, 1.54) is 90.1 Å². The lowest BCUT2D eigenvalue weighted by atomic mass is 9.97. The van der Waals surface area contributed by atoms with Gasteiger partial charge in [-0.1, -0.05) is 140 Å². The van der Waals surface area contributed by atoms with E-state index in [9.17, 15) is 0 Å². The Kier molecular flexibility index (Phi) is 8.01. The first kappa shape index (κ1) is 32.9. The molecule has 0 fully saturated rings. The third-order valence-electron chi connectivity index (χ3n) is 11.2. The van der Waals surface area contributed by atoms with Crippen LogP contribution in [0.5, 0.6) is 0 Å². The highest BCUT2D eigenvalue weighted by Gasteiger charge is 2.17. The van der Waals surface area contributed by atoms with Gasteiger partial charge in [0.05, 0.1) is 0 Å². The van der Waals surface area contributed by atoms with Gasteiger partial charge in [-0.15, -0.1) is 22.7 Å². The number of thiophene rings is 2. The van der Waals surface area contributed by atoms with Crippen LogP contribution < -0.4 is 4.90 Å². The lowest BCUT2D eigenvalue weighted by Crippen LogP contribution is -2.17. The second kappa shape index (κ2) is 13.6. The fourth-order valence-electron chi connectivity index (χ4n) is 8.30. The summed E-state index contributed by atoms with van der Waals surface area (Å²) in [5.41, 5.74) is 11.0. The smallest absolute Gasteiger partial charge is 0.0487 e. The van der Waals surface area contributed by atoms with Crippen molar-refractivity contribution < 1.29 is 0 Å². The van der Waals surface area contributed by atoms with Crippen molar-refractivity contribution >= 4 is 85.2 Å². The molecule has 2 aromatic heterocycles. The monoisotopic (exact) mass is 749 g/mol. The molecule has 0 bridgehead atoms. The zero-order chi connectivity index (χ0) is 37.0. The van der Waals surface area contributed by atoms with Crippen molar-refractivity contribution in [3.05, 3.63) is 206 Å². The Balaban J connectivity index is 1.01. The molecule has 0 amide bonds. The Morgan fingerprint density at radius 3 is 1.79 bits per heavy atom. The highest BCUT2D eigenvalue weighted by Crippen LogP contribution is 2.40. The maximum Gasteiger partial charge on any atom is 0.0487 e. The number of anilines is 2. The molecule has 2 heterocycles. The fraction of sp³-hybridized carbons (Fsp3) is 0.0189. The third-order valence-corrected chi connectivity index (χ3v) is 13.5. The molecule has 0 unspecified atom stereocenters. The van der Waals surface area contributed by atoms with Gasteiger partial charge in [0.2, 0.25) is 0 Å². The molecule has 1 nitrogen and oxygen atoms in total. The van der Waals surface area contributed by atoms with E-state index < -0.39 is 0 Å². The molecule has 0 N–H and O–H groups in total. The van der Waals surface area contributed by atoms with Crippen molar-refractivity contribution in [3.63, 3.8) is 0 Å². The molecular weight excluding hydrogens is 715 g/mol. The topological polar surface area (TPSA) is 3.24 Å². The van der Waals surface area contributed by atoms with Gasteiger partial charge in [0.15, 0.2) is 0 Å². The first-order valence-corrected chi connectivity index (χ1v) is 20.7. The van der Waals surface area contributed by atoms with E-state index in [2.05, 4.69) is 205 Å². The summed E-state index contributed by atoms with van der Waals surface area (Å²) in [6.07, 6.45) is 0. The lowest BCUT2D eigenvalue weighted by Gasteiger charge is -2.27. The van der Waals surface area contributed by atoms with Gasteiger partial charge in [-0.05, 0) is 110 Å². The summed E-state index contributed by atoms with van der Waals surface area (Å²) in [5.74, 6) is 0. The molecule has 0 aliphatic heterocycles. The van der Waals surface area contributed by atoms with Gasteiger partial charge >= 0.3 is 0 Å². The molecule has 56 heavy (non-hydrogen) atoms. The summed E-state index contributed by atoms with van der Waals surface area (Å²) in [7, 11) is 0. The number of rotatable bonds is 7. The number of hydrogen-bond donors (Lipinski definition) is 0. The molecular formula is C53H35NS2. The summed E-state index contributed by atoms with van der Waals surface area (Å²) in [4.78, 5) is 2.48. The second-order valence-electron chi connectivity index (χ2n) is 14.5. The van der Waals surface area contributed by atoms with Crippen molar-refractivity contribution in [1.29, 1.82) is 0 Å². The van der Waals surface area contributed by atoms with Gasteiger partial charge in [-0.2, -0.15) is 0 Å². The Hall–Kier alpha value is -6.52. The fourth-order valence-corrected chi connectivity index (χ4v) is 10.5. The summed E-state index contributed by atoms with van der Waals surface area (Å²) in [6.45, 7) is 0.716. The third kappa shape index (κ3) is 5.84. The first-order chi connectivity index (χ1) is 27.7. The molecule has 0 saturated heterocycles. The van der Waals surface area contributed by atoms with Crippen molar-refractivity contribution in [2.24, 2.45) is 0 Å². The Morgan fingerprint density at radius 1 is 0.321 bits per heavy atom. The molecule has 264 valence electrons. The van der Waals surface area contributed by atoms with Crippen molar-refractivity contribution in [2.45, 2.75) is 6.54 Å². The predicted octanol–water partition coefficient (Wildman–Crippen LogP) is 15.9. The van der Waals surface area contributed by atoms with Crippen LogP contribution in [0, 0.1) is 0 Å². The Labute approximate surface area is 334 Å². The molecule has 0 radical (unpaired) electrons. The van der Waals surface area contributed by atoms with E-state index in [1.54, 1.807) is 0 Å². The molecule has 0 aliphatic carbocycles. The lowest BCUT2D eigenvalue weighted by molar-refractivity contribution is 0.978. The van der Waals surface area contributed by atoms with Crippen LogP contribution in [-0.2, 0) is 6.54 Å². The first-order valence-electron chi connectivity index (χ1n) is 19.1. The van der Waals surface area contributed by atoms with E-state index in [1.807, 2.05) is 22.7 Å². The highest BCUT2D eigenvalue weighted by molar-refractivity contribution is 7.26. The average Bonchev–Trinajstić information content (AvgIpc) is 3.83.